The highest BCUT2D eigenvalue weighted by molar-refractivity contribution is 6.02. The molecule has 1 heterocycles. The van der Waals surface area contributed by atoms with Gasteiger partial charge in [-0.15, -0.1) is 0 Å². The van der Waals surface area contributed by atoms with Gasteiger partial charge in [-0.2, -0.15) is 0 Å². The van der Waals surface area contributed by atoms with E-state index in [-0.39, 0.29) is 11.8 Å². The van der Waals surface area contributed by atoms with Crippen LogP contribution in [0.3, 0.4) is 0 Å². The molecule has 4 rings (SSSR count). The lowest BCUT2D eigenvalue weighted by Crippen LogP contribution is -2.47. The molecule has 0 spiro atoms. The molecule has 0 aromatic heterocycles. The summed E-state index contributed by atoms with van der Waals surface area (Å²) < 4.78 is 5.55. The van der Waals surface area contributed by atoms with Crippen LogP contribution >= 0.6 is 0 Å². The molecule has 0 aliphatic carbocycles. The van der Waals surface area contributed by atoms with Crippen LogP contribution in [-0.2, 0) is 11.2 Å². The van der Waals surface area contributed by atoms with Crippen LogP contribution in [0.4, 0.5) is 17.1 Å². The number of hydrogen-bond acceptors (Lipinski definition) is 5. The standard InChI is InChI=1S/C31H38N4O3/c1-23(2)22-32-31(37)26-21-25(33-30(36)16-13-24-9-5-4-6-10-24)14-15-27(26)34-17-19-35(20-18-34)28-11-7-8-12-29(28)38-3/h4-12,14-15,21,23H,13,16-20,22H2,1-3H3,(H,32,37)(H,33,36). The maximum atomic E-state index is 13.3. The molecule has 1 aliphatic heterocycles. The summed E-state index contributed by atoms with van der Waals surface area (Å²) in [6.07, 6.45) is 1.05. The molecule has 0 radical (unpaired) electrons. The minimum Gasteiger partial charge on any atom is -0.495 e. The van der Waals surface area contributed by atoms with Gasteiger partial charge in [0.15, 0.2) is 0 Å². The molecule has 200 valence electrons. The molecule has 0 saturated carbocycles. The summed E-state index contributed by atoms with van der Waals surface area (Å²) in [4.78, 5) is 30.5. The third-order valence-electron chi connectivity index (χ3n) is 6.73. The molecule has 2 amide bonds. The molecule has 0 bridgehead atoms. The first-order valence-corrected chi connectivity index (χ1v) is 13.3. The fourth-order valence-corrected chi connectivity index (χ4v) is 4.67. The van der Waals surface area contributed by atoms with Gasteiger partial charge in [-0.1, -0.05) is 56.3 Å². The molecule has 2 N–H and O–H groups in total. The Morgan fingerprint density at radius 2 is 1.53 bits per heavy atom. The highest BCUT2D eigenvalue weighted by atomic mass is 16.5. The van der Waals surface area contributed by atoms with Crippen molar-refractivity contribution < 1.29 is 14.3 Å². The molecule has 3 aromatic carbocycles. The van der Waals surface area contributed by atoms with E-state index in [1.165, 1.54) is 0 Å². The van der Waals surface area contributed by atoms with E-state index < -0.39 is 0 Å². The van der Waals surface area contributed by atoms with Gasteiger partial charge >= 0.3 is 0 Å². The number of anilines is 3. The van der Waals surface area contributed by atoms with E-state index >= 15 is 0 Å². The van der Waals surface area contributed by atoms with Crippen LogP contribution in [-0.4, -0.2) is 51.6 Å². The molecule has 3 aromatic rings. The molecule has 7 heteroatoms. The van der Waals surface area contributed by atoms with E-state index in [1.807, 2.05) is 60.7 Å². The van der Waals surface area contributed by atoms with Crippen molar-refractivity contribution in [1.29, 1.82) is 0 Å². The molecule has 1 fully saturated rings. The zero-order valence-electron chi connectivity index (χ0n) is 22.6. The van der Waals surface area contributed by atoms with Gasteiger partial charge in [0.25, 0.3) is 5.91 Å². The normalized spacial score (nSPS) is 13.4. The zero-order chi connectivity index (χ0) is 26.9. The quantitative estimate of drug-likeness (QED) is 0.399. The van der Waals surface area contributed by atoms with Crippen LogP contribution in [0.5, 0.6) is 5.75 Å². The van der Waals surface area contributed by atoms with Gasteiger partial charge in [-0.3, -0.25) is 9.59 Å². The molecule has 0 atom stereocenters. The summed E-state index contributed by atoms with van der Waals surface area (Å²) in [7, 11) is 1.69. The highest BCUT2D eigenvalue weighted by Gasteiger charge is 2.24. The minimum atomic E-state index is -0.124. The van der Waals surface area contributed by atoms with Crippen molar-refractivity contribution in [3.8, 4) is 5.75 Å². The lowest BCUT2D eigenvalue weighted by molar-refractivity contribution is -0.116. The number of methoxy groups -OCH3 is 1. The van der Waals surface area contributed by atoms with E-state index in [0.29, 0.717) is 36.6 Å². The summed E-state index contributed by atoms with van der Waals surface area (Å²) in [5.41, 5.74) is 4.30. The van der Waals surface area contributed by atoms with E-state index in [9.17, 15) is 9.59 Å². The largest absolute Gasteiger partial charge is 0.495 e. The number of nitrogens with one attached hydrogen (secondary N) is 2. The number of carbonyl (C=O) groups excluding carboxylic acids is 2. The Morgan fingerprint density at radius 3 is 2.21 bits per heavy atom. The highest BCUT2D eigenvalue weighted by Crippen LogP contribution is 2.31. The summed E-state index contributed by atoms with van der Waals surface area (Å²) in [6.45, 7) is 7.89. The third kappa shape index (κ3) is 7.06. The SMILES string of the molecule is COc1ccccc1N1CCN(c2ccc(NC(=O)CCc3ccccc3)cc2C(=O)NCC(C)C)CC1. The average molecular weight is 515 g/mol. The maximum Gasteiger partial charge on any atom is 0.253 e. The van der Waals surface area contributed by atoms with Crippen molar-refractivity contribution in [1.82, 2.24) is 5.32 Å². The van der Waals surface area contributed by atoms with Gasteiger partial charge in [-0.25, -0.2) is 0 Å². The number of rotatable bonds is 10. The molecule has 7 nitrogen and oxygen atoms in total. The predicted octanol–water partition coefficient (Wildman–Crippen LogP) is 4.98. The van der Waals surface area contributed by atoms with Crippen molar-refractivity contribution in [2.45, 2.75) is 26.7 Å². The van der Waals surface area contributed by atoms with Crippen molar-refractivity contribution >= 4 is 28.9 Å². The fraction of sp³-hybridized carbons (Fsp3) is 0.355. The van der Waals surface area contributed by atoms with E-state index in [2.05, 4.69) is 40.3 Å². The molecular formula is C31H38N4O3. The zero-order valence-corrected chi connectivity index (χ0v) is 22.6. The fourth-order valence-electron chi connectivity index (χ4n) is 4.67. The number of aryl methyl sites for hydroxylation is 1. The summed E-state index contributed by atoms with van der Waals surface area (Å²) >= 11 is 0. The minimum absolute atomic E-state index is 0.0689. The number of carbonyl (C=O) groups is 2. The first kappa shape index (κ1) is 27.0. The van der Waals surface area contributed by atoms with E-state index in [4.69, 9.17) is 4.74 Å². The third-order valence-corrected chi connectivity index (χ3v) is 6.73. The number of para-hydroxylation sites is 2. The van der Waals surface area contributed by atoms with Crippen LogP contribution in [0, 0.1) is 5.92 Å². The Bertz CT molecular complexity index is 1220. The van der Waals surface area contributed by atoms with Crippen LogP contribution in [0.2, 0.25) is 0 Å². The summed E-state index contributed by atoms with van der Waals surface area (Å²) in [5.74, 6) is 1.01. The Kier molecular flexibility index (Phi) is 9.25. The van der Waals surface area contributed by atoms with Gasteiger partial charge in [0.05, 0.1) is 18.4 Å². The van der Waals surface area contributed by atoms with Gasteiger partial charge in [0.1, 0.15) is 5.75 Å². The van der Waals surface area contributed by atoms with Gasteiger partial charge in [0.2, 0.25) is 5.91 Å². The summed E-state index contributed by atoms with van der Waals surface area (Å²) in [5, 5.41) is 6.03. The van der Waals surface area contributed by atoms with Crippen molar-refractivity contribution in [3.05, 3.63) is 83.9 Å². The lowest BCUT2D eigenvalue weighted by atomic mass is 10.1. The van der Waals surface area contributed by atoms with Crippen LogP contribution in [0.25, 0.3) is 0 Å². The number of benzene rings is 3. The number of piperazine rings is 1. The molecule has 1 aliphatic rings. The van der Waals surface area contributed by atoms with Crippen molar-refractivity contribution in [2.75, 3.05) is 55.0 Å². The van der Waals surface area contributed by atoms with E-state index in [1.54, 1.807) is 13.2 Å². The van der Waals surface area contributed by atoms with Crippen molar-refractivity contribution in [3.63, 3.8) is 0 Å². The molecular weight excluding hydrogens is 476 g/mol. The summed E-state index contributed by atoms with van der Waals surface area (Å²) in [6, 6.07) is 23.7. The smallest absolute Gasteiger partial charge is 0.253 e. The first-order chi connectivity index (χ1) is 18.4. The average Bonchev–Trinajstić information content (AvgIpc) is 2.95. The van der Waals surface area contributed by atoms with Crippen molar-refractivity contribution in [2.24, 2.45) is 5.92 Å². The second-order valence-corrected chi connectivity index (χ2v) is 10.0. The van der Waals surface area contributed by atoms with Gasteiger partial charge in [0, 0.05) is 50.5 Å². The molecule has 38 heavy (non-hydrogen) atoms. The Labute approximate surface area is 225 Å². The van der Waals surface area contributed by atoms with Gasteiger partial charge in [-0.05, 0) is 48.2 Å². The second kappa shape index (κ2) is 13.0. The maximum absolute atomic E-state index is 13.3. The molecule has 1 saturated heterocycles. The number of nitrogens with zero attached hydrogens (tertiary/aromatic N) is 2. The Balaban J connectivity index is 1.47. The van der Waals surface area contributed by atoms with Crippen LogP contribution < -0.4 is 25.2 Å². The van der Waals surface area contributed by atoms with Gasteiger partial charge < -0.3 is 25.2 Å². The monoisotopic (exact) mass is 514 g/mol. The number of ether oxygens (including phenoxy) is 1. The first-order valence-electron chi connectivity index (χ1n) is 13.3. The van der Waals surface area contributed by atoms with Crippen LogP contribution in [0.1, 0.15) is 36.2 Å². The number of amides is 2. The second-order valence-electron chi connectivity index (χ2n) is 10.0. The Hall–Kier alpha value is -4.00. The predicted molar refractivity (Wildman–Crippen MR) is 154 cm³/mol. The topological polar surface area (TPSA) is 73.9 Å². The number of hydrogen-bond donors (Lipinski definition) is 2. The van der Waals surface area contributed by atoms with Crippen LogP contribution in [0.15, 0.2) is 72.8 Å². The lowest BCUT2D eigenvalue weighted by Gasteiger charge is -2.38. The molecule has 0 unspecified atom stereocenters. The Morgan fingerprint density at radius 1 is 0.868 bits per heavy atom. The van der Waals surface area contributed by atoms with E-state index in [0.717, 1.165) is 48.9 Å².